The van der Waals surface area contributed by atoms with Crippen LogP contribution in [0.15, 0.2) is 29.0 Å². The number of carbonyl (C=O) groups is 1. The second kappa shape index (κ2) is 5.00. The maximum atomic E-state index is 12.6. The highest BCUT2D eigenvalue weighted by Crippen LogP contribution is 2.33. The lowest BCUT2D eigenvalue weighted by Crippen LogP contribution is -2.15. The number of rotatable bonds is 2. The molecule has 0 aliphatic heterocycles. The summed E-state index contributed by atoms with van der Waals surface area (Å²) in [5, 5.41) is 8.09. The zero-order valence-corrected chi connectivity index (χ0v) is 10.7. The van der Waals surface area contributed by atoms with Crippen LogP contribution in [0.1, 0.15) is 16.2 Å². The number of amides is 1. The number of hydrogen-bond donors (Lipinski definition) is 2. The largest absolute Gasteiger partial charge is 0.416 e. The van der Waals surface area contributed by atoms with Crippen molar-refractivity contribution in [2.45, 2.75) is 6.18 Å². The number of halogens is 4. The Morgan fingerprint density at radius 2 is 2.11 bits per heavy atom. The summed E-state index contributed by atoms with van der Waals surface area (Å²) in [4.78, 5) is 15.2. The second-order valence-electron chi connectivity index (χ2n) is 3.48. The molecule has 0 fully saturated rings. The fourth-order valence-corrected chi connectivity index (χ4v) is 1.64. The number of carbonyl (C=O) groups excluding carboxylic acids is 1. The molecule has 9 heteroatoms. The Labute approximate surface area is 113 Å². The first-order valence-electron chi connectivity index (χ1n) is 4.91. The Kier molecular flexibility index (Phi) is 3.56. The van der Waals surface area contributed by atoms with Gasteiger partial charge in [-0.3, -0.25) is 9.89 Å². The van der Waals surface area contributed by atoms with Crippen molar-refractivity contribution in [3.05, 3.63) is 40.4 Å². The molecule has 0 aliphatic rings. The molecule has 0 aliphatic carbocycles. The fraction of sp³-hybridized carbons (Fsp3) is 0.100. The topological polar surface area (TPSA) is 70.7 Å². The molecule has 2 rings (SSSR count). The SMILES string of the molecule is O=C(Nc1cc(C(F)(F)F)ccc1Br)c1ncn[nH]1. The van der Waals surface area contributed by atoms with Gasteiger partial charge in [-0.1, -0.05) is 0 Å². The summed E-state index contributed by atoms with van der Waals surface area (Å²) in [5.74, 6) is -0.776. The summed E-state index contributed by atoms with van der Waals surface area (Å²) in [6.07, 6.45) is -3.36. The normalized spacial score (nSPS) is 11.4. The van der Waals surface area contributed by atoms with Crippen LogP contribution >= 0.6 is 15.9 Å². The van der Waals surface area contributed by atoms with Crippen LogP contribution in [0, 0.1) is 0 Å². The molecule has 100 valence electrons. The van der Waals surface area contributed by atoms with Gasteiger partial charge in [-0.05, 0) is 34.1 Å². The van der Waals surface area contributed by atoms with Crippen molar-refractivity contribution in [3.8, 4) is 0 Å². The zero-order valence-electron chi connectivity index (χ0n) is 9.12. The average Bonchev–Trinajstić information content (AvgIpc) is 2.84. The van der Waals surface area contributed by atoms with Gasteiger partial charge in [0.25, 0.3) is 5.91 Å². The molecule has 1 heterocycles. The van der Waals surface area contributed by atoms with E-state index < -0.39 is 17.6 Å². The third-order valence-electron chi connectivity index (χ3n) is 2.17. The maximum absolute atomic E-state index is 12.6. The highest BCUT2D eigenvalue weighted by atomic mass is 79.9. The van der Waals surface area contributed by atoms with Crippen LogP contribution in [0.25, 0.3) is 0 Å². The van der Waals surface area contributed by atoms with Gasteiger partial charge < -0.3 is 5.32 Å². The summed E-state index contributed by atoms with van der Waals surface area (Å²) in [7, 11) is 0. The summed E-state index contributed by atoms with van der Waals surface area (Å²) < 4.78 is 38.0. The Bertz CT molecular complexity index is 597. The lowest BCUT2D eigenvalue weighted by atomic mass is 10.2. The monoisotopic (exact) mass is 334 g/mol. The van der Waals surface area contributed by atoms with Gasteiger partial charge in [0.05, 0.1) is 11.3 Å². The molecular formula is C10H6BrF3N4O. The van der Waals surface area contributed by atoms with Crippen LogP contribution in [0.3, 0.4) is 0 Å². The van der Waals surface area contributed by atoms with Crippen molar-refractivity contribution in [1.82, 2.24) is 15.2 Å². The first-order chi connectivity index (χ1) is 8.88. The van der Waals surface area contributed by atoms with E-state index in [0.717, 1.165) is 18.5 Å². The summed E-state index contributed by atoms with van der Waals surface area (Å²) >= 11 is 3.06. The molecule has 2 N–H and O–H groups in total. The number of alkyl halides is 3. The molecule has 0 unspecified atom stereocenters. The van der Waals surface area contributed by atoms with E-state index in [1.54, 1.807) is 0 Å². The highest BCUT2D eigenvalue weighted by molar-refractivity contribution is 9.10. The number of hydrogen-bond acceptors (Lipinski definition) is 3. The number of aromatic amines is 1. The van der Waals surface area contributed by atoms with Crippen LogP contribution in [0.5, 0.6) is 0 Å². The Morgan fingerprint density at radius 3 is 2.68 bits per heavy atom. The predicted octanol–water partition coefficient (Wildman–Crippen LogP) is 2.84. The third kappa shape index (κ3) is 3.11. The van der Waals surface area contributed by atoms with Crippen LogP contribution in [0.2, 0.25) is 0 Å². The van der Waals surface area contributed by atoms with Crippen molar-refractivity contribution in [3.63, 3.8) is 0 Å². The van der Waals surface area contributed by atoms with Crippen LogP contribution < -0.4 is 5.32 Å². The average molecular weight is 335 g/mol. The van der Waals surface area contributed by atoms with Gasteiger partial charge in [0.2, 0.25) is 5.82 Å². The molecule has 0 radical (unpaired) electrons. The molecule has 1 amide bonds. The molecule has 5 nitrogen and oxygen atoms in total. The molecule has 0 atom stereocenters. The second-order valence-corrected chi connectivity index (χ2v) is 4.33. The lowest BCUT2D eigenvalue weighted by molar-refractivity contribution is -0.137. The number of anilines is 1. The van der Waals surface area contributed by atoms with E-state index in [1.165, 1.54) is 6.07 Å². The Morgan fingerprint density at radius 1 is 1.37 bits per heavy atom. The molecule has 1 aromatic carbocycles. The van der Waals surface area contributed by atoms with Crippen LogP contribution in [-0.4, -0.2) is 21.1 Å². The number of nitrogens with one attached hydrogen (secondary N) is 2. The molecular weight excluding hydrogens is 329 g/mol. The smallest absolute Gasteiger partial charge is 0.318 e. The van der Waals surface area contributed by atoms with Crippen molar-refractivity contribution < 1.29 is 18.0 Å². The lowest BCUT2D eigenvalue weighted by Gasteiger charge is -2.11. The number of H-pyrrole nitrogens is 1. The van der Waals surface area contributed by atoms with Crippen LogP contribution in [-0.2, 0) is 6.18 Å². The minimum absolute atomic E-state index is 0.00350. The van der Waals surface area contributed by atoms with E-state index in [9.17, 15) is 18.0 Å². The van der Waals surface area contributed by atoms with Gasteiger partial charge in [0.1, 0.15) is 6.33 Å². The minimum atomic E-state index is -4.48. The summed E-state index contributed by atoms with van der Waals surface area (Å²) in [6, 6.07) is 2.95. The minimum Gasteiger partial charge on any atom is -0.318 e. The summed E-state index contributed by atoms with van der Waals surface area (Å²) in [6.45, 7) is 0. The van der Waals surface area contributed by atoms with Crippen LogP contribution in [0.4, 0.5) is 18.9 Å². The van der Waals surface area contributed by atoms with E-state index in [-0.39, 0.29) is 11.5 Å². The van der Waals surface area contributed by atoms with Crippen molar-refractivity contribution in [2.24, 2.45) is 0 Å². The van der Waals surface area contributed by atoms with Gasteiger partial charge in [0.15, 0.2) is 0 Å². The van der Waals surface area contributed by atoms with Crippen molar-refractivity contribution >= 4 is 27.5 Å². The molecule has 2 aromatic rings. The van der Waals surface area contributed by atoms with Crippen molar-refractivity contribution in [1.29, 1.82) is 0 Å². The first kappa shape index (κ1) is 13.5. The van der Waals surface area contributed by atoms with E-state index in [1.807, 2.05) is 0 Å². The van der Waals surface area contributed by atoms with Crippen molar-refractivity contribution in [2.75, 3.05) is 5.32 Å². The maximum Gasteiger partial charge on any atom is 0.416 e. The standard InChI is InChI=1S/C10H6BrF3N4O/c11-6-2-1-5(10(12,13)14)3-7(6)17-9(19)8-15-4-16-18-8/h1-4H,(H,17,19)(H,15,16,18). The van der Waals surface area contributed by atoms with E-state index >= 15 is 0 Å². The number of nitrogens with zero attached hydrogens (tertiary/aromatic N) is 2. The highest BCUT2D eigenvalue weighted by Gasteiger charge is 2.31. The van der Waals surface area contributed by atoms with Gasteiger partial charge in [-0.2, -0.15) is 18.3 Å². The fourth-order valence-electron chi connectivity index (χ4n) is 1.29. The van der Waals surface area contributed by atoms with E-state index in [4.69, 9.17) is 0 Å². The van der Waals surface area contributed by atoms with Gasteiger partial charge >= 0.3 is 6.18 Å². The predicted molar refractivity (Wildman–Crippen MR) is 63.5 cm³/mol. The summed E-state index contributed by atoms with van der Waals surface area (Å²) in [5.41, 5.74) is -0.861. The molecule has 0 bridgehead atoms. The number of aromatic nitrogens is 3. The van der Waals surface area contributed by atoms with E-state index in [2.05, 4.69) is 36.4 Å². The molecule has 1 aromatic heterocycles. The molecule has 19 heavy (non-hydrogen) atoms. The van der Waals surface area contributed by atoms with Gasteiger partial charge in [-0.15, -0.1) is 0 Å². The van der Waals surface area contributed by atoms with Gasteiger partial charge in [-0.25, -0.2) is 4.98 Å². The Hall–Kier alpha value is -1.90. The van der Waals surface area contributed by atoms with Gasteiger partial charge in [0, 0.05) is 4.47 Å². The quantitative estimate of drug-likeness (QED) is 0.887. The number of benzene rings is 1. The molecule has 0 saturated carbocycles. The van der Waals surface area contributed by atoms with E-state index in [0.29, 0.717) is 4.47 Å². The third-order valence-corrected chi connectivity index (χ3v) is 2.86. The first-order valence-corrected chi connectivity index (χ1v) is 5.70. The Balaban J connectivity index is 2.27. The zero-order chi connectivity index (χ0) is 14.0. The molecule has 0 saturated heterocycles. The molecule has 0 spiro atoms.